The van der Waals surface area contributed by atoms with Gasteiger partial charge in [-0.3, -0.25) is 9.59 Å². The van der Waals surface area contributed by atoms with Crippen LogP contribution in [0.2, 0.25) is 0 Å². The van der Waals surface area contributed by atoms with E-state index in [2.05, 4.69) is 10.3 Å². The Morgan fingerprint density at radius 1 is 1.43 bits per heavy atom. The van der Waals surface area contributed by atoms with Crippen LogP contribution in [0.4, 0.5) is 5.69 Å². The number of aryl methyl sites for hydroxylation is 1. The fourth-order valence-corrected chi connectivity index (χ4v) is 3.10. The lowest BCUT2D eigenvalue weighted by Gasteiger charge is -2.05. The molecule has 0 aliphatic carbocycles. The highest BCUT2D eigenvalue weighted by Crippen LogP contribution is 2.16. The number of nitrogens with zero attached hydrogens (tertiary/aromatic N) is 1. The average molecular weight is 321 g/mol. The maximum absolute atomic E-state index is 11.8. The number of amides is 2. The number of benzene rings is 1. The van der Waals surface area contributed by atoms with Crippen LogP contribution in [0.25, 0.3) is 0 Å². The summed E-state index contributed by atoms with van der Waals surface area (Å²) in [4.78, 5) is 27.2. The quantitative estimate of drug-likeness (QED) is 0.855. The lowest BCUT2D eigenvalue weighted by Crippen LogP contribution is -2.16. The molecule has 5 nitrogen and oxygen atoms in total. The molecular weight excluding hydrogens is 306 g/mol. The Morgan fingerprint density at radius 2 is 2.24 bits per heavy atom. The van der Waals surface area contributed by atoms with Crippen LogP contribution in [0.15, 0.2) is 29.6 Å². The summed E-state index contributed by atoms with van der Waals surface area (Å²) in [7, 11) is 0. The van der Waals surface area contributed by atoms with Crippen molar-refractivity contribution in [2.75, 3.05) is 11.1 Å². The van der Waals surface area contributed by atoms with Crippen molar-refractivity contribution in [3.05, 3.63) is 45.9 Å². The van der Waals surface area contributed by atoms with Crippen LogP contribution in [-0.2, 0) is 10.5 Å². The van der Waals surface area contributed by atoms with E-state index in [4.69, 9.17) is 5.73 Å². The minimum atomic E-state index is -0.514. The van der Waals surface area contributed by atoms with Crippen LogP contribution in [0.5, 0.6) is 0 Å². The molecule has 0 atom stereocenters. The van der Waals surface area contributed by atoms with E-state index >= 15 is 0 Å². The van der Waals surface area contributed by atoms with Gasteiger partial charge in [-0.15, -0.1) is 23.1 Å². The number of carbonyl (C=O) groups is 2. The van der Waals surface area contributed by atoms with Gasteiger partial charge in [0.1, 0.15) is 0 Å². The van der Waals surface area contributed by atoms with Crippen molar-refractivity contribution in [1.82, 2.24) is 4.98 Å². The van der Waals surface area contributed by atoms with Crippen LogP contribution < -0.4 is 11.1 Å². The molecule has 0 saturated heterocycles. The average Bonchev–Trinajstić information content (AvgIpc) is 2.84. The van der Waals surface area contributed by atoms with Crippen LogP contribution in [0.3, 0.4) is 0 Å². The molecule has 110 valence electrons. The van der Waals surface area contributed by atoms with Crippen molar-refractivity contribution in [3.8, 4) is 0 Å². The topological polar surface area (TPSA) is 85.1 Å². The molecule has 0 radical (unpaired) electrons. The summed E-state index contributed by atoms with van der Waals surface area (Å²) in [5.74, 6) is 0.407. The summed E-state index contributed by atoms with van der Waals surface area (Å²) < 4.78 is 0. The van der Waals surface area contributed by atoms with Crippen LogP contribution in [-0.4, -0.2) is 22.6 Å². The normalized spacial score (nSPS) is 10.3. The van der Waals surface area contributed by atoms with Gasteiger partial charge in [-0.1, -0.05) is 6.07 Å². The van der Waals surface area contributed by atoms with Gasteiger partial charge in [0.25, 0.3) is 0 Å². The third-order valence-electron chi connectivity index (χ3n) is 2.58. The number of thioether (sulfide) groups is 1. The van der Waals surface area contributed by atoms with E-state index in [0.29, 0.717) is 22.8 Å². The van der Waals surface area contributed by atoms with Gasteiger partial charge in [-0.05, 0) is 25.1 Å². The van der Waals surface area contributed by atoms with E-state index < -0.39 is 5.91 Å². The summed E-state index contributed by atoms with van der Waals surface area (Å²) in [6.45, 7) is 1.96. The van der Waals surface area contributed by atoms with Crippen molar-refractivity contribution in [2.24, 2.45) is 5.73 Å². The maximum Gasteiger partial charge on any atom is 0.248 e. The number of carbonyl (C=O) groups excluding carboxylic acids is 2. The molecule has 0 aliphatic rings. The van der Waals surface area contributed by atoms with Crippen molar-refractivity contribution >= 4 is 40.6 Å². The molecule has 1 aromatic heterocycles. The Kier molecular flexibility index (Phi) is 5.35. The van der Waals surface area contributed by atoms with Crippen molar-refractivity contribution in [1.29, 1.82) is 0 Å². The molecule has 7 heteroatoms. The first-order valence-corrected chi connectivity index (χ1v) is 8.26. The maximum atomic E-state index is 11.8. The number of hydrogen-bond acceptors (Lipinski definition) is 5. The van der Waals surface area contributed by atoms with Crippen molar-refractivity contribution < 1.29 is 9.59 Å². The largest absolute Gasteiger partial charge is 0.366 e. The van der Waals surface area contributed by atoms with E-state index in [-0.39, 0.29) is 5.91 Å². The van der Waals surface area contributed by atoms with Crippen LogP contribution in [0, 0.1) is 6.92 Å². The first kappa shape index (κ1) is 15.5. The van der Waals surface area contributed by atoms with Gasteiger partial charge in [-0.25, -0.2) is 4.98 Å². The first-order chi connectivity index (χ1) is 10.0. The monoisotopic (exact) mass is 321 g/mol. The molecular formula is C14H15N3O2S2. The highest BCUT2D eigenvalue weighted by atomic mass is 32.2. The number of anilines is 1. The van der Waals surface area contributed by atoms with Crippen LogP contribution >= 0.6 is 23.1 Å². The third-order valence-corrected chi connectivity index (χ3v) is 4.37. The van der Waals surface area contributed by atoms with Crippen LogP contribution in [0.1, 0.15) is 21.1 Å². The molecule has 3 N–H and O–H groups in total. The summed E-state index contributed by atoms with van der Waals surface area (Å²) in [5.41, 5.74) is 7.13. The fraction of sp³-hybridized carbons (Fsp3) is 0.214. The first-order valence-electron chi connectivity index (χ1n) is 6.23. The molecule has 1 aromatic carbocycles. The number of hydrogen-bond donors (Lipinski definition) is 2. The highest BCUT2D eigenvalue weighted by molar-refractivity contribution is 7.99. The Balaban J connectivity index is 1.81. The second-order valence-corrected chi connectivity index (χ2v) is 6.39. The Hall–Kier alpha value is -1.86. The molecule has 0 bridgehead atoms. The molecule has 0 saturated carbocycles. The van der Waals surface area contributed by atoms with Gasteiger partial charge in [-0.2, -0.15) is 0 Å². The second-order valence-electron chi connectivity index (χ2n) is 4.34. The summed E-state index contributed by atoms with van der Waals surface area (Å²) in [5, 5.41) is 5.77. The van der Waals surface area contributed by atoms with Gasteiger partial charge in [0.05, 0.1) is 16.5 Å². The van der Waals surface area contributed by atoms with Crippen molar-refractivity contribution in [2.45, 2.75) is 12.7 Å². The predicted molar refractivity (Wildman–Crippen MR) is 86.6 cm³/mol. The molecule has 0 unspecified atom stereocenters. The van der Waals surface area contributed by atoms with E-state index in [1.807, 2.05) is 12.3 Å². The predicted octanol–water partition coefficient (Wildman–Crippen LogP) is 2.42. The van der Waals surface area contributed by atoms with Gasteiger partial charge in [0.2, 0.25) is 11.8 Å². The third kappa shape index (κ3) is 4.87. The minimum Gasteiger partial charge on any atom is -0.366 e. The zero-order valence-electron chi connectivity index (χ0n) is 11.5. The number of rotatable bonds is 6. The Bertz CT molecular complexity index is 655. The Labute approximate surface area is 131 Å². The fourth-order valence-electron chi connectivity index (χ4n) is 1.67. The summed E-state index contributed by atoms with van der Waals surface area (Å²) in [6.07, 6.45) is 0. The SMILES string of the molecule is Cc1nc(CSCC(=O)Nc2cccc(C(N)=O)c2)cs1. The molecule has 0 fully saturated rings. The number of nitrogens with one attached hydrogen (secondary N) is 1. The second kappa shape index (κ2) is 7.24. The lowest BCUT2D eigenvalue weighted by atomic mass is 10.2. The number of nitrogens with two attached hydrogens (primary N) is 1. The van der Waals surface area contributed by atoms with E-state index in [0.717, 1.165) is 10.7 Å². The van der Waals surface area contributed by atoms with Gasteiger partial charge in [0, 0.05) is 22.4 Å². The number of primary amides is 1. The van der Waals surface area contributed by atoms with Gasteiger partial charge in [0.15, 0.2) is 0 Å². The molecule has 1 heterocycles. The van der Waals surface area contributed by atoms with Gasteiger partial charge < -0.3 is 11.1 Å². The minimum absolute atomic E-state index is 0.117. The standard InChI is InChI=1S/C14H15N3O2S2/c1-9-16-12(7-21-9)6-20-8-13(18)17-11-4-2-3-10(5-11)14(15)19/h2-5,7H,6,8H2,1H3,(H2,15,19)(H,17,18). The number of thiazole rings is 1. The molecule has 0 aliphatic heterocycles. The lowest BCUT2D eigenvalue weighted by molar-refractivity contribution is -0.113. The molecule has 2 rings (SSSR count). The zero-order chi connectivity index (χ0) is 15.2. The molecule has 0 spiro atoms. The summed E-state index contributed by atoms with van der Waals surface area (Å²) in [6, 6.07) is 6.58. The van der Waals surface area contributed by atoms with Gasteiger partial charge >= 0.3 is 0 Å². The summed E-state index contributed by atoms with van der Waals surface area (Å²) >= 11 is 3.10. The molecule has 2 amide bonds. The van der Waals surface area contributed by atoms with E-state index in [1.165, 1.54) is 11.8 Å². The van der Waals surface area contributed by atoms with Crippen molar-refractivity contribution in [3.63, 3.8) is 0 Å². The molecule has 21 heavy (non-hydrogen) atoms. The van der Waals surface area contributed by atoms with E-state index in [1.54, 1.807) is 35.6 Å². The Morgan fingerprint density at radius 3 is 2.90 bits per heavy atom. The highest BCUT2D eigenvalue weighted by Gasteiger charge is 2.06. The number of aromatic nitrogens is 1. The molecule has 2 aromatic rings. The zero-order valence-corrected chi connectivity index (χ0v) is 13.1. The smallest absolute Gasteiger partial charge is 0.248 e. The van der Waals surface area contributed by atoms with E-state index in [9.17, 15) is 9.59 Å².